The number of nitrogens with one attached hydrogen (secondary N) is 1. The van der Waals surface area contributed by atoms with Crippen LogP contribution in [0.4, 0.5) is 0 Å². The molecule has 0 aliphatic heterocycles. The summed E-state index contributed by atoms with van der Waals surface area (Å²) in [4.78, 5) is 22.6. The molecule has 0 aliphatic carbocycles. The summed E-state index contributed by atoms with van der Waals surface area (Å²) in [5.41, 5.74) is 0. The molecule has 58 valence electrons. The van der Waals surface area contributed by atoms with Crippen molar-refractivity contribution in [1.82, 2.24) is 9.25 Å². The van der Waals surface area contributed by atoms with Crippen molar-refractivity contribution in [2.75, 3.05) is 6.54 Å². The number of halogens is 2. The molecule has 2 amide bonds. The summed E-state index contributed by atoms with van der Waals surface area (Å²) in [6, 6.07) is 0. The molecule has 0 saturated carbocycles. The van der Waals surface area contributed by atoms with Crippen molar-refractivity contribution in [3.63, 3.8) is 0 Å². The molecule has 4 nitrogen and oxygen atoms in total. The van der Waals surface area contributed by atoms with Gasteiger partial charge in [-0.25, -0.2) is 4.42 Å². The fourth-order valence-electron chi connectivity index (χ4n) is 0.294. The van der Waals surface area contributed by atoms with Crippen LogP contribution in [0, 0.1) is 0 Å². The molecular weight excluding hydrogens is 179 g/mol. The van der Waals surface area contributed by atoms with E-state index in [0.717, 1.165) is 4.42 Å². The molecule has 0 unspecified atom stereocenters. The van der Waals surface area contributed by atoms with Gasteiger partial charge in [0.2, 0.25) is 0 Å². The average molecular weight is 185 g/mol. The minimum Gasteiger partial charge on any atom is -0.262 e. The largest absolute Gasteiger partial charge is 0.327 e. The Morgan fingerprint density at radius 2 is 2.10 bits per heavy atom. The number of carbonyl (C=O) groups is 2. The third-order valence-electron chi connectivity index (χ3n) is 0.778. The van der Waals surface area contributed by atoms with Crippen molar-refractivity contribution in [3.05, 3.63) is 0 Å². The van der Waals surface area contributed by atoms with Gasteiger partial charge in [-0.2, -0.15) is 0 Å². The van der Waals surface area contributed by atoms with Crippen molar-refractivity contribution in [3.8, 4) is 0 Å². The average Bonchev–Trinajstić information content (AvgIpc) is 2.00. The highest BCUT2D eigenvalue weighted by atomic mass is 35.5. The first-order valence-corrected chi connectivity index (χ1v) is 3.23. The Bertz CT molecular complexity index is 150. The van der Waals surface area contributed by atoms with Gasteiger partial charge in [0.15, 0.2) is 0 Å². The van der Waals surface area contributed by atoms with Crippen molar-refractivity contribution in [2.24, 2.45) is 0 Å². The summed E-state index contributed by atoms with van der Waals surface area (Å²) in [6.07, 6.45) is 0. The van der Waals surface area contributed by atoms with E-state index in [-0.39, 0.29) is 6.54 Å². The van der Waals surface area contributed by atoms with Crippen LogP contribution in [0.25, 0.3) is 0 Å². The van der Waals surface area contributed by atoms with Crippen LogP contribution in [-0.2, 0) is 9.59 Å². The van der Waals surface area contributed by atoms with Gasteiger partial charge in [0.05, 0.1) is 0 Å². The van der Waals surface area contributed by atoms with Gasteiger partial charge in [0.25, 0.3) is 0 Å². The van der Waals surface area contributed by atoms with Gasteiger partial charge >= 0.3 is 11.8 Å². The molecule has 0 fully saturated rings. The highest BCUT2D eigenvalue weighted by molar-refractivity contribution is 6.46. The zero-order valence-electron chi connectivity index (χ0n) is 5.23. The SMILES string of the molecule is CCN(Cl)C(=O)C(=O)NCl. The molecule has 0 heterocycles. The second kappa shape index (κ2) is 4.35. The van der Waals surface area contributed by atoms with Gasteiger partial charge in [-0.15, -0.1) is 0 Å². The maximum absolute atomic E-state index is 10.6. The van der Waals surface area contributed by atoms with Crippen LogP contribution in [0.15, 0.2) is 0 Å². The molecule has 0 aliphatic rings. The number of carbonyl (C=O) groups excluding carboxylic acids is 2. The highest BCUT2D eigenvalue weighted by Crippen LogP contribution is 1.93. The predicted molar refractivity (Wildman–Crippen MR) is 37.2 cm³/mol. The molecule has 0 spiro atoms. The molecule has 10 heavy (non-hydrogen) atoms. The van der Waals surface area contributed by atoms with E-state index >= 15 is 0 Å². The van der Waals surface area contributed by atoms with Crippen LogP contribution in [0.1, 0.15) is 6.92 Å². The Morgan fingerprint density at radius 1 is 1.60 bits per heavy atom. The minimum absolute atomic E-state index is 0.255. The number of nitrogens with zero attached hydrogens (tertiary/aromatic N) is 1. The van der Waals surface area contributed by atoms with Crippen LogP contribution in [0.5, 0.6) is 0 Å². The monoisotopic (exact) mass is 184 g/mol. The third kappa shape index (κ3) is 2.41. The molecule has 0 aromatic heterocycles. The molecule has 0 atom stereocenters. The topological polar surface area (TPSA) is 49.4 Å². The lowest BCUT2D eigenvalue weighted by molar-refractivity contribution is -0.141. The lowest BCUT2D eigenvalue weighted by Gasteiger charge is -2.07. The van der Waals surface area contributed by atoms with E-state index in [2.05, 4.69) is 0 Å². The molecule has 0 rings (SSSR count). The molecule has 0 aromatic rings. The first-order chi connectivity index (χ1) is 4.63. The van der Waals surface area contributed by atoms with E-state index in [1.165, 1.54) is 0 Å². The zero-order valence-corrected chi connectivity index (χ0v) is 6.74. The molecule has 0 bridgehead atoms. The maximum atomic E-state index is 10.6. The Balaban J connectivity index is 3.95. The number of rotatable bonds is 1. The molecule has 6 heteroatoms. The maximum Gasteiger partial charge on any atom is 0.327 e. The third-order valence-corrected chi connectivity index (χ3v) is 1.34. The van der Waals surface area contributed by atoms with Gasteiger partial charge in [0.1, 0.15) is 0 Å². The van der Waals surface area contributed by atoms with Crippen molar-refractivity contribution >= 4 is 35.4 Å². The van der Waals surface area contributed by atoms with Crippen molar-refractivity contribution in [1.29, 1.82) is 0 Å². The molecular formula is C4H6Cl2N2O2. The Hall–Kier alpha value is -0.480. The van der Waals surface area contributed by atoms with Gasteiger partial charge in [-0.05, 0) is 6.92 Å². The predicted octanol–water partition coefficient (Wildman–Crippen LogP) is 0.259. The van der Waals surface area contributed by atoms with E-state index in [1.54, 1.807) is 11.8 Å². The normalized spacial score (nSPS) is 8.70. The van der Waals surface area contributed by atoms with Crippen LogP contribution >= 0.6 is 23.6 Å². The number of hydrogen-bond acceptors (Lipinski definition) is 2. The number of hydrogen-bond donors (Lipinski definition) is 1. The Labute approximate surface area is 68.3 Å². The summed E-state index contributed by atoms with van der Waals surface area (Å²) in [5, 5.41) is 0. The summed E-state index contributed by atoms with van der Waals surface area (Å²) >= 11 is 10.1. The number of likely N-dealkylation sites (N-methyl/N-ethyl adjacent to an activating group) is 1. The second-order valence-corrected chi connectivity index (χ2v) is 2.00. The summed E-state index contributed by atoms with van der Waals surface area (Å²) in [6.45, 7) is 1.89. The fourth-order valence-corrected chi connectivity index (χ4v) is 0.452. The van der Waals surface area contributed by atoms with Crippen molar-refractivity contribution in [2.45, 2.75) is 6.92 Å². The molecule has 1 N–H and O–H groups in total. The number of amides is 2. The quantitative estimate of drug-likeness (QED) is 0.470. The standard InChI is InChI=1S/C4H6Cl2N2O2/c1-2-8(6)4(10)3(9)7-5/h2H2,1H3,(H,7,9). The first-order valence-electron chi connectivity index (χ1n) is 2.51. The summed E-state index contributed by atoms with van der Waals surface area (Å²) < 4.78 is 0.734. The van der Waals surface area contributed by atoms with Gasteiger partial charge in [0, 0.05) is 30.1 Å². The molecule has 0 saturated heterocycles. The summed E-state index contributed by atoms with van der Waals surface area (Å²) in [5.74, 6) is -1.79. The van der Waals surface area contributed by atoms with Gasteiger partial charge < -0.3 is 0 Å². The van der Waals surface area contributed by atoms with E-state index in [0.29, 0.717) is 0 Å². The minimum atomic E-state index is -0.932. The van der Waals surface area contributed by atoms with E-state index in [4.69, 9.17) is 23.6 Å². The van der Waals surface area contributed by atoms with Gasteiger partial charge in [-0.1, -0.05) is 0 Å². The van der Waals surface area contributed by atoms with E-state index in [1.807, 2.05) is 0 Å². The van der Waals surface area contributed by atoms with Crippen molar-refractivity contribution < 1.29 is 9.59 Å². The van der Waals surface area contributed by atoms with E-state index < -0.39 is 11.8 Å². The van der Waals surface area contributed by atoms with Crippen LogP contribution in [0.3, 0.4) is 0 Å². The van der Waals surface area contributed by atoms with Crippen LogP contribution < -0.4 is 4.84 Å². The van der Waals surface area contributed by atoms with E-state index in [9.17, 15) is 9.59 Å². The fraction of sp³-hybridized carbons (Fsp3) is 0.500. The first kappa shape index (κ1) is 9.52. The zero-order chi connectivity index (χ0) is 8.15. The van der Waals surface area contributed by atoms with Crippen LogP contribution in [-0.4, -0.2) is 22.8 Å². The Kier molecular flexibility index (Phi) is 4.14. The highest BCUT2D eigenvalue weighted by Gasteiger charge is 2.17. The smallest absolute Gasteiger partial charge is 0.262 e. The lowest BCUT2D eigenvalue weighted by atomic mass is 10.5. The summed E-state index contributed by atoms with van der Waals surface area (Å²) in [7, 11) is 0. The van der Waals surface area contributed by atoms with Crippen LogP contribution in [0.2, 0.25) is 0 Å². The van der Waals surface area contributed by atoms with Gasteiger partial charge in [-0.3, -0.25) is 14.4 Å². The molecule has 0 aromatic carbocycles. The molecule has 0 radical (unpaired) electrons. The lowest BCUT2D eigenvalue weighted by Crippen LogP contribution is -2.34. The second-order valence-electron chi connectivity index (χ2n) is 1.41. The Morgan fingerprint density at radius 3 is 2.40 bits per heavy atom.